The first-order chi connectivity index (χ1) is 17.2. The minimum atomic E-state index is -0.294. The van der Waals surface area contributed by atoms with Crippen LogP contribution in [0.3, 0.4) is 0 Å². The van der Waals surface area contributed by atoms with E-state index in [9.17, 15) is 4.79 Å². The molecule has 4 heterocycles. The maximum absolute atomic E-state index is 13.0. The Bertz CT molecular complexity index is 1300. The van der Waals surface area contributed by atoms with Gasteiger partial charge in [-0.05, 0) is 23.8 Å². The molecule has 1 saturated heterocycles. The summed E-state index contributed by atoms with van der Waals surface area (Å²) in [5.74, 6) is 0.381. The number of carbonyl (C=O) groups is 1. The topological polar surface area (TPSA) is 117 Å². The van der Waals surface area contributed by atoms with Crippen LogP contribution in [0.25, 0.3) is 16.3 Å². The molecule has 1 amide bonds. The summed E-state index contributed by atoms with van der Waals surface area (Å²) in [6.45, 7) is 3.73. The van der Waals surface area contributed by atoms with Crippen molar-refractivity contribution in [3.63, 3.8) is 0 Å². The van der Waals surface area contributed by atoms with Crippen LogP contribution in [0, 0.1) is 0 Å². The Morgan fingerprint density at radius 3 is 2.94 bits per heavy atom. The second-order valence-electron chi connectivity index (χ2n) is 7.87. The minimum Gasteiger partial charge on any atom is -0.491 e. The van der Waals surface area contributed by atoms with Crippen LogP contribution in [0.15, 0.2) is 60.5 Å². The van der Waals surface area contributed by atoms with Gasteiger partial charge in [-0.2, -0.15) is 5.10 Å². The molecule has 3 aromatic heterocycles. The van der Waals surface area contributed by atoms with Crippen molar-refractivity contribution < 1.29 is 14.6 Å². The van der Waals surface area contributed by atoms with Crippen molar-refractivity contribution in [2.24, 2.45) is 0 Å². The fourth-order valence-electron chi connectivity index (χ4n) is 3.83. The molecule has 0 radical (unpaired) electrons. The quantitative estimate of drug-likeness (QED) is 0.344. The van der Waals surface area contributed by atoms with Gasteiger partial charge in [0.15, 0.2) is 0 Å². The van der Waals surface area contributed by atoms with Gasteiger partial charge in [-0.25, -0.2) is 9.67 Å². The lowest BCUT2D eigenvalue weighted by Crippen LogP contribution is -2.43. The molecule has 180 valence electrons. The van der Waals surface area contributed by atoms with Crippen LogP contribution in [0.2, 0.25) is 0 Å². The number of anilines is 2. The van der Waals surface area contributed by atoms with E-state index in [-0.39, 0.29) is 19.1 Å². The van der Waals surface area contributed by atoms with E-state index in [2.05, 4.69) is 30.6 Å². The number of aliphatic hydroxyl groups excluding tert-OH is 1. The maximum Gasteiger partial charge on any atom is 0.275 e. The summed E-state index contributed by atoms with van der Waals surface area (Å²) in [5.41, 5.74) is 3.75. The van der Waals surface area contributed by atoms with Gasteiger partial charge in [0.05, 0.1) is 30.4 Å². The van der Waals surface area contributed by atoms with Gasteiger partial charge < -0.3 is 25.4 Å². The van der Waals surface area contributed by atoms with E-state index in [4.69, 9.17) is 9.84 Å². The number of piperazine rings is 1. The zero-order chi connectivity index (χ0) is 24.0. The Hall–Kier alpha value is -3.80. The van der Waals surface area contributed by atoms with Crippen LogP contribution in [0.1, 0.15) is 10.5 Å². The molecule has 1 aromatic carbocycles. The Kier molecular flexibility index (Phi) is 6.98. The SMILES string of the molecule is O=C(Nc1cnccc1N1CCNCC1)c1csc(-n2cc(-c3cccc(OCCO)c3)cn2)n1. The number of aromatic nitrogens is 4. The summed E-state index contributed by atoms with van der Waals surface area (Å²) in [4.78, 5) is 23.9. The third-order valence-corrected chi connectivity index (χ3v) is 6.36. The second kappa shape index (κ2) is 10.6. The lowest BCUT2D eigenvalue weighted by atomic mass is 10.1. The van der Waals surface area contributed by atoms with Crippen molar-refractivity contribution in [1.29, 1.82) is 0 Å². The van der Waals surface area contributed by atoms with Crippen LogP contribution in [0.5, 0.6) is 5.75 Å². The Morgan fingerprint density at radius 1 is 1.20 bits per heavy atom. The average molecular weight is 492 g/mol. The average Bonchev–Trinajstić information content (AvgIpc) is 3.59. The third kappa shape index (κ3) is 5.32. The van der Waals surface area contributed by atoms with Crippen LogP contribution in [-0.2, 0) is 0 Å². The third-order valence-electron chi connectivity index (χ3n) is 5.53. The first-order valence-corrected chi connectivity index (χ1v) is 12.1. The highest BCUT2D eigenvalue weighted by Crippen LogP contribution is 2.27. The highest BCUT2D eigenvalue weighted by atomic mass is 32.1. The van der Waals surface area contributed by atoms with E-state index in [1.807, 2.05) is 36.5 Å². The zero-order valence-corrected chi connectivity index (χ0v) is 19.7. The number of hydrogen-bond donors (Lipinski definition) is 3. The predicted octanol–water partition coefficient (Wildman–Crippen LogP) is 2.42. The van der Waals surface area contributed by atoms with Gasteiger partial charge in [0, 0.05) is 49.5 Å². The van der Waals surface area contributed by atoms with Crippen molar-refractivity contribution in [1.82, 2.24) is 25.1 Å². The van der Waals surface area contributed by atoms with E-state index in [1.165, 1.54) is 11.3 Å². The van der Waals surface area contributed by atoms with Gasteiger partial charge in [0.1, 0.15) is 18.1 Å². The maximum atomic E-state index is 13.0. The fraction of sp³-hybridized carbons (Fsp3) is 0.250. The number of aliphatic hydroxyl groups is 1. The monoisotopic (exact) mass is 491 g/mol. The molecule has 0 spiro atoms. The molecule has 0 aliphatic carbocycles. The van der Waals surface area contributed by atoms with Gasteiger partial charge in [-0.1, -0.05) is 12.1 Å². The van der Waals surface area contributed by atoms with Crippen LogP contribution < -0.4 is 20.3 Å². The van der Waals surface area contributed by atoms with Crippen molar-refractivity contribution in [3.05, 3.63) is 66.2 Å². The Balaban J connectivity index is 1.30. The first-order valence-electron chi connectivity index (χ1n) is 11.3. The van der Waals surface area contributed by atoms with Crippen LogP contribution in [0.4, 0.5) is 11.4 Å². The largest absolute Gasteiger partial charge is 0.491 e. The number of hydrogen-bond acceptors (Lipinski definition) is 9. The van der Waals surface area contributed by atoms with Gasteiger partial charge in [-0.15, -0.1) is 11.3 Å². The van der Waals surface area contributed by atoms with Crippen molar-refractivity contribution >= 4 is 28.6 Å². The van der Waals surface area contributed by atoms with Crippen LogP contribution >= 0.6 is 11.3 Å². The summed E-state index contributed by atoms with van der Waals surface area (Å²) in [6, 6.07) is 9.49. The molecule has 10 nitrogen and oxygen atoms in total. The second-order valence-corrected chi connectivity index (χ2v) is 8.71. The Labute approximate surface area is 206 Å². The van der Waals surface area contributed by atoms with Crippen molar-refractivity contribution in [2.45, 2.75) is 0 Å². The Morgan fingerprint density at radius 2 is 2.09 bits per heavy atom. The highest BCUT2D eigenvalue weighted by molar-refractivity contribution is 7.12. The molecule has 3 N–H and O–H groups in total. The van der Waals surface area contributed by atoms with E-state index in [1.54, 1.807) is 28.7 Å². The number of nitrogens with zero attached hydrogens (tertiary/aromatic N) is 5. The standard InChI is InChI=1S/C24H25N7O3S/c32-10-11-34-19-3-1-2-17(12-19)18-13-27-31(15-18)24-29-21(16-35-24)23(33)28-20-14-26-5-4-22(20)30-8-6-25-7-9-30/h1-5,12-16,25,32H,6-11H2,(H,28,33). The van der Waals surface area contributed by atoms with Gasteiger partial charge >= 0.3 is 0 Å². The van der Waals surface area contributed by atoms with E-state index >= 15 is 0 Å². The number of pyridine rings is 1. The van der Waals surface area contributed by atoms with Crippen LogP contribution in [-0.4, -0.2) is 70.2 Å². The number of carbonyl (C=O) groups excluding carboxylic acids is 1. The first kappa shape index (κ1) is 23.0. The molecule has 0 saturated carbocycles. The summed E-state index contributed by atoms with van der Waals surface area (Å²) in [7, 11) is 0. The highest BCUT2D eigenvalue weighted by Gasteiger charge is 2.18. The molecular formula is C24H25N7O3S. The molecule has 1 aliphatic rings. The number of ether oxygens (including phenoxy) is 1. The van der Waals surface area contributed by atoms with Crippen molar-refractivity contribution in [3.8, 4) is 22.0 Å². The lowest BCUT2D eigenvalue weighted by Gasteiger charge is -2.30. The number of nitrogens with one attached hydrogen (secondary N) is 2. The molecule has 35 heavy (non-hydrogen) atoms. The van der Waals surface area contributed by atoms with Gasteiger partial charge in [-0.3, -0.25) is 9.78 Å². The van der Waals surface area contributed by atoms with E-state index < -0.39 is 0 Å². The summed E-state index contributed by atoms with van der Waals surface area (Å²) < 4.78 is 7.14. The molecule has 11 heteroatoms. The molecule has 5 rings (SSSR count). The molecule has 1 fully saturated rings. The molecule has 4 aromatic rings. The predicted molar refractivity (Wildman–Crippen MR) is 135 cm³/mol. The lowest BCUT2D eigenvalue weighted by molar-refractivity contribution is 0.102. The van der Waals surface area contributed by atoms with Crippen molar-refractivity contribution in [2.75, 3.05) is 49.6 Å². The van der Waals surface area contributed by atoms with E-state index in [0.717, 1.165) is 43.0 Å². The molecular weight excluding hydrogens is 466 g/mol. The summed E-state index contributed by atoms with van der Waals surface area (Å²) in [6.07, 6.45) is 7.00. The smallest absolute Gasteiger partial charge is 0.275 e. The van der Waals surface area contributed by atoms with Gasteiger partial charge in [0.25, 0.3) is 5.91 Å². The summed E-state index contributed by atoms with van der Waals surface area (Å²) >= 11 is 1.34. The zero-order valence-electron chi connectivity index (χ0n) is 18.9. The number of rotatable bonds is 8. The minimum absolute atomic E-state index is 0.0417. The van der Waals surface area contributed by atoms with Gasteiger partial charge in [0.2, 0.25) is 5.13 Å². The number of amides is 1. The molecule has 0 bridgehead atoms. The molecule has 1 aliphatic heterocycles. The number of benzene rings is 1. The molecule has 0 atom stereocenters. The molecule has 0 unspecified atom stereocenters. The van der Waals surface area contributed by atoms with E-state index in [0.29, 0.717) is 22.3 Å². The summed E-state index contributed by atoms with van der Waals surface area (Å²) in [5, 5.41) is 22.0. The normalized spacial score (nSPS) is 13.6. The number of thiazole rings is 1. The fourth-order valence-corrected chi connectivity index (χ4v) is 4.57.